The monoisotopic (exact) mass is 146 g/mol. The zero-order chi connectivity index (χ0) is 6.69. The number of rotatable bonds is 1. The van der Waals surface area contributed by atoms with Gasteiger partial charge in [0, 0.05) is 24.4 Å². The lowest BCUT2D eigenvalue weighted by Crippen LogP contribution is -2.28. The van der Waals surface area contributed by atoms with Crippen molar-refractivity contribution in [3.05, 3.63) is 12.2 Å². The average molecular weight is 146 g/mol. The maximum Gasteiger partial charge on any atom is 0.0283 e. The fraction of sp³-hybridized carbons (Fsp3) is 0.600. The Hall–Kier alpha value is -0.190. The quantitative estimate of drug-likeness (QED) is 0.387. The minimum Gasteiger partial charge on any atom is -0.760 e. The third-order valence-electron chi connectivity index (χ3n) is 1.23. The van der Waals surface area contributed by atoms with Crippen molar-refractivity contribution in [3.8, 4) is 0 Å². The van der Waals surface area contributed by atoms with Gasteiger partial charge in [-0.05, 0) is 6.42 Å². The van der Waals surface area contributed by atoms with Crippen molar-refractivity contribution in [1.82, 2.24) is 4.31 Å². The van der Waals surface area contributed by atoms with Crippen molar-refractivity contribution in [3.63, 3.8) is 0 Å². The Morgan fingerprint density at radius 2 is 2.33 bits per heavy atom. The van der Waals surface area contributed by atoms with Crippen LogP contribution < -0.4 is 0 Å². The Bertz CT molecular complexity index is 146. The van der Waals surface area contributed by atoms with E-state index in [4.69, 9.17) is 0 Å². The molecule has 1 aliphatic heterocycles. The minimum absolute atomic E-state index is 0.538. The first-order chi connectivity index (χ1) is 4.30. The second kappa shape index (κ2) is 3.10. The SMILES string of the molecule is O=S([O-])N1CC=CCC1. The van der Waals surface area contributed by atoms with Gasteiger partial charge in [-0.15, -0.1) is 0 Å². The summed E-state index contributed by atoms with van der Waals surface area (Å²) in [6.45, 7) is 1.17. The maximum atomic E-state index is 10.2. The standard InChI is InChI=1S/C5H9NO2S/c7-9(8)6-4-2-1-3-5-6/h1-2H,3-5H2,(H,7,8)/p-1. The van der Waals surface area contributed by atoms with Crippen LogP contribution in [0.1, 0.15) is 6.42 Å². The van der Waals surface area contributed by atoms with E-state index in [-0.39, 0.29) is 0 Å². The van der Waals surface area contributed by atoms with Crippen LogP contribution in [0.3, 0.4) is 0 Å². The fourth-order valence-corrected chi connectivity index (χ4v) is 1.22. The van der Waals surface area contributed by atoms with E-state index in [0.29, 0.717) is 13.1 Å². The van der Waals surface area contributed by atoms with E-state index < -0.39 is 11.3 Å². The molecule has 1 aliphatic rings. The van der Waals surface area contributed by atoms with Crippen molar-refractivity contribution >= 4 is 11.3 Å². The molecule has 3 nitrogen and oxygen atoms in total. The molecule has 0 bridgehead atoms. The Kier molecular flexibility index (Phi) is 2.38. The average Bonchev–Trinajstić information content (AvgIpc) is 1.90. The van der Waals surface area contributed by atoms with Gasteiger partial charge < -0.3 is 4.55 Å². The molecule has 0 saturated heterocycles. The van der Waals surface area contributed by atoms with Gasteiger partial charge in [-0.25, -0.2) is 4.31 Å². The largest absolute Gasteiger partial charge is 0.760 e. The molecule has 0 aromatic heterocycles. The van der Waals surface area contributed by atoms with Gasteiger partial charge in [0.2, 0.25) is 0 Å². The summed E-state index contributed by atoms with van der Waals surface area (Å²) in [5.41, 5.74) is 0. The lowest BCUT2D eigenvalue weighted by atomic mass is 10.3. The van der Waals surface area contributed by atoms with E-state index in [1.165, 1.54) is 4.31 Å². The zero-order valence-electron chi connectivity index (χ0n) is 4.95. The van der Waals surface area contributed by atoms with E-state index in [1.807, 2.05) is 12.2 Å². The second-order valence-corrected chi connectivity index (χ2v) is 2.82. The topological polar surface area (TPSA) is 43.4 Å². The summed E-state index contributed by atoms with van der Waals surface area (Å²) in [7, 11) is 0. The number of hydrogen-bond donors (Lipinski definition) is 0. The zero-order valence-corrected chi connectivity index (χ0v) is 5.76. The molecular formula is C5H8NO2S-. The normalized spacial score (nSPS) is 24.1. The Labute approximate surface area is 56.8 Å². The van der Waals surface area contributed by atoms with Crippen molar-refractivity contribution in [2.75, 3.05) is 13.1 Å². The summed E-state index contributed by atoms with van der Waals surface area (Å²) in [4.78, 5) is 0. The molecule has 1 heterocycles. The molecule has 0 spiro atoms. The first kappa shape index (κ1) is 6.92. The molecule has 52 valence electrons. The van der Waals surface area contributed by atoms with Gasteiger partial charge in [-0.1, -0.05) is 12.2 Å². The number of nitrogens with zero attached hydrogens (tertiary/aromatic N) is 1. The van der Waals surface area contributed by atoms with Crippen LogP contribution in [0.25, 0.3) is 0 Å². The van der Waals surface area contributed by atoms with Gasteiger partial charge in [0.1, 0.15) is 0 Å². The molecule has 0 saturated carbocycles. The van der Waals surface area contributed by atoms with Crippen LogP contribution in [0.15, 0.2) is 12.2 Å². The molecule has 9 heavy (non-hydrogen) atoms. The van der Waals surface area contributed by atoms with E-state index in [9.17, 15) is 8.76 Å². The molecule has 0 N–H and O–H groups in total. The molecule has 4 heteroatoms. The van der Waals surface area contributed by atoms with Gasteiger partial charge >= 0.3 is 0 Å². The highest BCUT2D eigenvalue weighted by Crippen LogP contribution is 2.01. The van der Waals surface area contributed by atoms with E-state index >= 15 is 0 Å². The maximum absolute atomic E-state index is 10.2. The van der Waals surface area contributed by atoms with E-state index in [1.54, 1.807) is 0 Å². The van der Waals surface area contributed by atoms with Gasteiger partial charge in [0.15, 0.2) is 0 Å². The third-order valence-corrected chi connectivity index (χ3v) is 1.98. The molecule has 0 amide bonds. The third kappa shape index (κ3) is 1.89. The van der Waals surface area contributed by atoms with Crippen LogP contribution in [0.5, 0.6) is 0 Å². The lowest BCUT2D eigenvalue weighted by Gasteiger charge is -2.24. The summed E-state index contributed by atoms with van der Waals surface area (Å²) >= 11 is -2.02. The smallest absolute Gasteiger partial charge is 0.0283 e. The highest BCUT2D eigenvalue weighted by atomic mass is 32.2. The summed E-state index contributed by atoms with van der Waals surface area (Å²) in [6.07, 6.45) is 4.69. The second-order valence-electron chi connectivity index (χ2n) is 1.87. The molecule has 0 fully saturated rings. The van der Waals surface area contributed by atoms with Gasteiger partial charge in [-0.2, -0.15) is 0 Å². The van der Waals surface area contributed by atoms with Crippen molar-refractivity contribution in [2.24, 2.45) is 0 Å². The van der Waals surface area contributed by atoms with Crippen LogP contribution in [0, 0.1) is 0 Å². The van der Waals surface area contributed by atoms with Crippen LogP contribution >= 0.6 is 0 Å². The van der Waals surface area contributed by atoms with E-state index in [2.05, 4.69) is 0 Å². The Morgan fingerprint density at radius 3 is 2.67 bits per heavy atom. The predicted molar refractivity (Wildman–Crippen MR) is 34.2 cm³/mol. The molecular weight excluding hydrogens is 138 g/mol. The van der Waals surface area contributed by atoms with E-state index in [0.717, 1.165) is 6.42 Å². The van der Waals surface area contributed by atoms with Crippen molar-refractivity contribution in [1.29, 1.82) is 0 Å². The van der Waals surface area contributed by atoms with Gasteiger partial charge in [-0.3, -0.25) is 4.21 Å². The molecule has 1 unspecified atom stereocenters. The fourth-order valence-electron chi connectivity index (χ4n) is 0.755. The van der Waals surface area contributed by atoms with Crippen molar-refractivity contribution in [2.45, 2.75) is 6.42 Å². The van der Waals surface area contributed by atoms with Gasteiger partial charge in [0.25, 0.3) is 0 Å². The molecule has 0 radical (unpaired) electrons. The molecule has 0 aromatic rings. The Balaban J connectivity index is 2.44. The van der Waals surface area contributed by atoms with Crippen LogP contribution in [0.2, 0.25) is 0 Å². The van der Waals surface area contributed by atoms with Crippen LogP contribution in [-0.2, 0) is 11.3 Å². The number of hydrogen-bond acceptors (Lipinski definition) is 2. The predicted octanol–water partition coefficient (Wildman–Crippen LogP) is 0.0424. The lowest BCUT2D eigenvalue weighted by molar-refractivity contribution is 0.408. The summed E-state index contributed by atoms with van der Waals surface area (Å²) in [6, 6.07) is 0. The van der Waals surface area contributed by atoms with Gasteiger partial charge in [0.05, 0.1) is 0 Å². The van der Waals surface area contributed by atoms with Crippen LogP contribution in [-0.4, -0.2) is 26.2 Å². The summed E-state index contributed by atoms with van der Waals surface area (Å²) in [5, 5.41) is 0. The summed E-state index contributed by atoms with van der Waals surface area (Å²) < 4.78 is 21.9. The highest BCUT2D eigenvalue weighted by molar-refractivity contribution is 7.76. The highest BCUT2D eigenvalue weighted by Gasteiger charge is 2.03. The molecule has 1 atom stereocenters. The molecule has 0 aliphatic carbocycles. The van der Waals surface area contributed by atoms with Crippen molar-refractivity contribution < 1.29 is 8.76 Å². The molecule has 1 rings (SSSR count). The molecule has 0 aromatic carbocycles. The first-order valence-corrected chi connectivity index (χ1v) is 3.83. The first-order valence-electron chi connectivity index (χ1n) is 2.80. The van der Waals surface area contributed by atoms with Crippen LogP contribution in [0.4, 0.5) is 0 Å². The Morgan fingerprint density at radius 1 is 1.56 bits per heavy atom. The summed E-state index contributed by atoms with van der Waals surface area (Å²) in [5.74, 6) is 0. The minimum atomic E-state index is -2.02.